The lowest BCUT2D eigenvalue weighted by Crippen LogP contribution is -2.40. The monoisotopic (exact) mass is 290 g/mol. The summed E-state index contributed by atoms with van der Waals surface area (Å²) in [6.07, 6.45) is 1.30. The first-order valence-electron chi connectivity index (χ1n) is 5.51. The summed E-state index contributed by atoms with van der Waals surface area (Å²) in [4.78, 5) is 18.0. The van der Waals surface area contributed by atoms with E-state index in [0.717, 1.165) is 27.3 Å². The van der Waals surface area contributed by atoms with Crippen LogP contribution in [0.15, 0.2) is 34.2 Å². The molecule has 0 saturated carbocycles. The second-order valence-electron chi connectivity index (χ2n) is 4.26. The van der Waals surface area contributed by atoms with Gasteiger partial charge in [0.2, 0.25) is 0 Å². The molecule has 0 aliphatic carbocycles. The molecule has 17 heavy (non-hydrogen) atoms. The van der Waals surface area contributed by atoms with E-state index in [1.807, 2.05) is 23.1 Å². The molecule has 0 bridgehead atoms. The Bertz CT molecular complexity index is 563. The maximum absolute atomic E-state index is 11.5. The van der Waals surface area contributed by atoms with Gasteiger partial charge in [-0.3, -0.25) is 4.79 Å². The molecule has 86 valence electrons. The Hall–Kier alpha value is -1.42. The Morgan fingerprint density at radius 3 is 3.00 bits per heavy atom. The normalized spacial score (nSPS) is 18.6. The number of amidine groups is 1. The zero-order valence-electron chi connectivity index (χ0n) is 9.24. The fourth-order valence-electron chi connectivity index (χ4n) is 2.23. The molecule has 0 spiro atoms. The smallest absolute Gasteiger partial charge is 0.153 e. The van der Waals surface area contributed by atoms with Crippen LogP contribution in [0.3, 0.4) is 0 Å². The highest BCUT2D eigenvalue weighted by atomic mass is 79.9. The van der Waals surface area contributed by atoms with E-state index in [0.29, 0.717) is 19.4 Å². The van der Waals surface area contributed by atoms with Crippen molar-refractivity contribution in [2.24, 2.45) is 4.99 Å². The first-order chi connectivity index (χ1) is 8.15. The molecular weight excluding hydrogens is 280 g/mol. The first-order valence-corrected chi connectivity index (χ1v) is 6.30. The standard InChI is InChI=1S/C13H11BrN2O/c1-8-11-4-2-9(14)6-12(11)15-13-5-3-10(17)7-16(8)13/h2,4,6H,1,3,5,7H2. The van der Waals surface area contributed by atoms with E-state index in [2.05, 4.69) is 27.5 Å². The van der Waals surface area contributed by atoms with E-state index in [1.165, 1.54) is 0 Å². The van der Waals surface area contributed by atoms with Gasteiger partial charge in [-0.15, -0.1) is 0 Å². The van der Waals surface area contributed by atoms with Crippen LogP contribution < -0.4 is 0 Å². The first kappa shape index (κ1) is 10.7. The third-order valence-corrected chi connectivity index (χ3v) is 3.61. The van der Waals surface area contributed by atoms with Gasteiger partial charge in [0.05, 0.1) is 12.2 Å². The number of carbonyl (C=O) groups is 1. The molecule has 0 aromatic heterocycles. The number of rotatable bonds is 0. The highest BCUT2D eigenvalue weighted by Gasteiger charge is 2.28. The Kier molecular flexibility index (Phi) is 2.40. The lowest BCUT2D eigenvalue weighted by Gasteiger charge is -2.34. The van der Waals surface area contributed by atoms with Crippen LogP contribution in [-0.2, 0) is 4.79 Å². The minimum Gasteiger partial charge on any atom is -0.322 e. The largest absolute Gasteiger partial charge is 0.322 e. The van der Waals surface area contributed by atoms with Crippen molar-refractivity contribution in [3.05, 3.63) is 34.8 Å². The SMILES string of the molecule is C=C1c2ccc(Br)cc2N=C2CCC(=O)CN12. The average Bonchev–Trinajstić information content (AvgIpc) is 2.30. The van der Waals surface area contributed by atoms with Gasteiger partial charge < -0.3 is 4.90 Å². The number of fused-ring (bicyclic) bond motifs is 2. The molecule has 1 aromatic rings. The second kappa shape index (κ2) is 3.81. The summed E-state index contributed by atoms with van der Waals surface area (Å²) < 4.78 is 1.01. The molecule has 2 heterocycles. The molecule has 2 aliphatic rings. The van der Waals surface area contributed by atoms with Crippen LogP contribution in [0, 0.1) is 0 Å². The summed E-state index contributed by atoms with van der Waals surface area (Å²) in [5.41, 5.74) is 2.82. The Morgan fingerprint density at radius 2 is 2.18 bits per heavy atom. The molecule has 0 N–H and O–H groups in total. The predicted molar refractivity (Wildman–Crippen MR) is 71.2 cm³/mol. The number of benzene rings is 1. The van der Waals surface area contributed by atoms with Crippen molar-refractivity contribution in [3.8, 4) is 0 Å². The van der Waals surface area contributed by atoms with Crippen molar-refractivity contribution in [3.63, 3.8) is 0 Å². The van der Waals surface area contributed by atoms with Crippen LogP contribution in [0.2, 0.25) is 0 Å². The molecule has 4 heteroatoms. The van der Waals surface area contributed by atoms with Crippen LogP contribution in [-0.4, -0.2) is 23.1 Å². The molecule has 1 fully saturated rings. The number of piperidine rings is 1. The molecule has 2 aliphatic heterocycles. The van der Waals surface area contributed by atoms with Crippen molar-refractivity contribution in [2.45, 2.75) is 12.8 Å². The Labute approximate surface area is 108 Å². The number of ketones is 1. The zero-order valence-corrected chi connectivity index (χ0v) is 10.8. The van der Waals surface area contributed by atoms with Gasteiger partial charge in [-0.2, -0.15) is 0 Å². The van der Waals surface area contributed by atoms with Crippen molar-refractivity contribution in [2.75, 3.05) is 6.54 Å². The fraction of sp³-hybridized carbons (Fsp3) is 0.231. The minimum atomic E-state index is 0.255. The number of hydrogen-bond donors (Lipinski definition) is 0. The third kappa shape index (κ3) is 1.72. The van der Waals surface area contributed by atoms with Crippen molar-refractivity contribution in [1.82, 2.24) is 4.90 Å². The maximum Gasteiger partial charge on any atom is 0.153 e. The van der Waals surface area contributed by atoms with Gasteiger partial charge in [0.25, 0.3) is 0 Å². The molecule has 1 saturated heterocycles. The predicted octanol–water partition coefficient (Wildman–Crippen LogP) is 3.13. The van der Waals surface area contributed by atoms with Crippen LogP contribution in [0.4, 0.5) is 5.69 Å². The van der Waals surface area contributed by atoms with Gasteiger partial charge in [-0.1, -0.05) is 22.5 Å². The highest BCUT2D eigenvalue weighted by molar-refractivity contribution is 9.10. The van der Waals surface area contributed by atoms with E-state index in [9.17, 15) is 4.79 Å². The molecule has 0 unspecified atom stereocenters. The van der Waals surface area contributed by atoms with Gasteiger partial charge in [0, 0.05) is 28.6 Å². The maximum atomic E-state index is 11.5. The van der Waals surface area contributed by atoms with E-state index in [4.69, 9.17) is 0 Å². The van der Waals surface area contributed by atoms with Crippen LogP contribution in [0.25, 0.3) is 5.70 Å². The van der Waals surface area contributed by atoms with Crippen molar-refractivity contribution < 1.29 is 4.79 Å². The van der Waals surface area contributed by atoms with Crippen LogP contribution >= 0.6 is 15.9 Å². The van der Waals surface area contributed by atoms with Crippen molar-refractivity contribution in [1.29, 1.82) is 0 Å². The molecule has 0 radical (unpaired) electrons. The molecule has 0 amide bonds. The molecule has 0 atom stereocenters. The van der Waals surface area contributed by atoms with Crippen LogP contribution in [0.5, 0.6) is 0 Å². The molecule has 3 rings (SSSR count). The minimum absolute atomic E-state index is 0.255. The van der Waals surface area contributed by atoms with E-state index >= 15 is 0 Å². The zero-order chi connectivity index (χ0) is 12.0. The number of nitrogens with zero attached hydrogens (tertiary/aromatic N) is 2. The molecular formula is C13H11BrN2O. The number of carbonyl (C=O) groups excluding carboxylic acids is 1. The van der Waals surface area contributed by atoms with Gasteiger partial charge >= 0.3 is 0 Å². The lowest BCUT2D eigenvalue weighted by molar-refractivity contribution is -0.119. The molecule has 1 aromatic carbocycles. The number of Topliss-reactive ketones (excluding diaryl/α,β-unsaturated/α-hetero) is 1. The summed E-state index contributed by atoms with van der Waals surface area (Å²) in [6, 6.07) is 5.94. The Balaban J connectivity index is 2.11. The van der Waals surface area contributed by atoms with Gasteiger partial charge in [0.1, 0.15) is 5.84 Å². The summed E-state index contributed by atoms with van der Waals surface area (Å²) in [6.45, 7) is 4.49. The summed E-state index contributed by atoms with van der Waals surface area (Å²) in [5, 5.41) is 0. The average molecular weight is 291 g/mol. The fourth-order valence-corrected chi connectivity index (χ4v) is 2.58. The van der Waals surface area contributed by atoms with Crippen LogP contribution in [0.1, 0.15) is 18.4 Å². The molecule has 3 nitrogen and oxygen atoms in total. The highest BCUT2D eigenvalue weighted by Crippen LogP contribution is 2.36. The van der Waals surface area contributed by atoms with Gasteiger partial charge in [0.15, 0.2) is 5.78 Å². The van der Waals surface area contributed by atoms with Gasteiger partial charge in [-0.05, 0) is 18.2 Å². The van der Waals surface area contributed by atoms with E-state index < -0.39 is 0 Å². The summed E-state index contributed by atoms with van der Waals surface area (Å²) in [7, 11) is 0. The van der Waals surface area contributed by atoms with Crippen molar-refractivity contribution >= 4 is 38.9 Å². The Morgan fingerprint density at radius 1 is 1.35 bits per heavy atom. The van der Waals surface area contributed by atoms with E-state index in [-0.39, 0.29) is 5.78 Å². The van der Waals surface area contributed by atoms with E-state index in [1.54, 1.807) is 0 Å². The number of aliphatic imine (C=N–C) groups is 1. The third-order valence-electron chi connectivity index (χ3n) is 3.12. The van der Waals surface area contributed by atoms with Gasteiger partial charge in [-0.25, -0.2) is 4.99 Å². The number of hydrogen-bond acceptors (Lipinski definition) is 3. The quantitative estimate of drug-likeness (QED) is 0.735. The lowest BCUT2D eigenvalue weighted by atomic mass is 10.0. The summed E-state index contributed by atoms with van der Waals surface area (Å²) in [5.74, 6) is 1.21. The topological polar surface area (TPSA) is 32.7 Å². The summed E-state index contributed by atoms with van der Waals surface area (Å²) >= 11 is 3.44. The number of halogens is 1. The second-order valence-corrected chi connectivity index (χ2v) is 5.18.